The van der Waals surface area contributed by atoms with E-state index >= 15 is 0 Å². The van der Waals surface area contributed by atoms with Gasteiger partial charge in [0.1, 0.15) is 5.75 Å². The summed E-state index contributed by atoms with van der Waals surface area (Å²) in [7, 11) is -3.57. The van der Waals surface area contributed by atoms with Gasteiger partial charge in [0.15, 0.2) is 0 Å². The number of nitrogens with one attached hydrogen (secondary N) is 1. The number of benzene rings is 2. The fourth-order valence-electron chi connectivity index (χ4n) is 2.18. The largest absolute Gasteiger partial charge is 0.490 e. The summed E-state index contributed by atoms with van der Waals surface area (Å²) in [4.78, 5) is 0.250. The third kappa shape index (κ3) is 4.73. The van der Waals surface area contributed by atoms with E-state index in [-0.39, 0.29) is 11.0 Å². The SMILES string of the molecule is CCC(CC)Oc1ccc(NS(=O)(=O)c2ccc(C)cc2)cc1. The van der Waals surface area contributed by atoms with E-state index in [1.165, 1.54) is 0 Å². The van der Waals surface area contributed by atoms with E-state index in [1.54, 1.807) is 48.5 Å². The second-order valence-corrected chi connectivity index (χ2v) is 7.18. The van der Waals surface area contributed by atoms with Crippen LogP contribution in [0.25, 0.3) is 0 Å². The molecule has 0 aromatic heterocycles. The van der Waals surface area contributed by atoms with Gasteiger partial charge in [-0.3, -0.25) is 4.72 Å². The highest BCUT2D eigenvalue weighted by Gasteiger charge is 2.14. The summed E-state index contributed by atoms with van der Waals surface area (Å²) in [5.41, 5.74) is 1.54. The molecule has 0 amide bonds. The van der Waals surface area contributed by atoms with Crippen LogP contribution in [0, 0.1) is 6.92 Å². The minimum Gasteiger partial charge on any atom is -0.490 e. The van der Waals surface area contributed by atoms with Gasteiger partial charge in [0.25, 0.3) is 10.0 Å². The maximum absolute atomic E-state index is 12.3. The van der Waals surface area contributed by atoms with Crippen molar-refractivity contribution in [2.24, 2.45) is 0 Å². The number of hydrogen-bond donors (Lipinski definition) is 1. The summed E-state index contributed by atoms with van der Waals surface area (Å²) in [5, 5.41) is 0. The van der Waals surface area contributed by atoms with Crippen LogP contribution in [0.3, 0.4) is 0 Å². The standard InChI is InChI=1S/C18H23NO3S/c1-4-16(5-2)22-17-10-8-15(9-11-17)19-23(20,21)18-12-6-14(3)7-13-18/h6-13,16,19H,4-5H2,1-3H3. The lowest BCUT2D eigenvalue weighted by molar-refractivity contribution is 0.193. The summed E-state index contributed by atoms with van der Waals surface area (Å²) in [6.07, 6.45) is 2.07. The molecule has 4 nitrogen and oxygen atoms in total. The van der Waals surface area contributed by atoms with Crippen LogP contribution in [0.4, 0.5) is 5.69 Å². The molecule has 0 unspecified atom stereocenters. The Morgan fingerprint density at radius 1 is 0.957 bits per heavy atom. The first-order chi connectivity index (χ1) is 10.9. The van der Waals surface area contributed by atoms with Crippen molar-refractivity contribution in [2.75, 3.05) is 4.72 Å². The number of aryl methyl sites for hydroxylation is 1. The van der Waals surface area contributed by atoms with Gasteiger partial charge in [0, 0.05) is 5.69 Å². The second kappa shape index (κ2) is 7.51. The Kier molecular flexibility index (Phi) is 5.66. The fourth-order valence-corrected chi connectivity index (χ4v) is 3.24. The Bertz CT molecular complexity index is 718. The average molecular weight is 333 g/mol. The van der Waals surface area contributed by atoms with Crippen molar-refractivity contribution in [3.8, 4) is 5.75 Å². The third-order valence-corrected chi connectivity index (χ3v) is 5.05. The maximum atomic E-state index is 12.3. The van der Waals surface area contributed by atoms with Crippen molar-refractivity contribution in [3.05, 3.63) is 54.1 Å². The number of ether oxygens (including phenoxy) is 1. The van der Waals surface area contributed by atoms with Crippen LogP contribution in [-0.4, -0.2) is 14.5 Å². The molecule has 2 aromatic rings. The van der Waals surface area contributed by atoms with Gasteiger partial charge in [0.05, 0.1) is 11.0 Å². The van der Waals surface area contributed by atoms with E-state index in [0.29, 0.717) is 5.69 Å². The molecule has 0 saturated carbocycles. The zero-order valence-electron chi connectivity index (χ0n) is 13.7. The van der Waals surface area contributed by atoms with Crippen molar-refractivity contribution < 1.29 is 13.2 Å². The normalized spacial score (nSPS) is 11.5. The Morgan fingerprint density at radius 2 is 1.52 bits per heavy atom. The molecule has 0 bridgehead atoms. The molecular weight excluding hydrogens is 310 g/mol. The number of anilines is 1. The monoisotopic (exact) mass is 333 g/mol. The predicted octanol–water partition coefficient (Wildman–Crippen LogP) is 4.36. The van der Waals surface area contributed by atoms with Crippen molar-refractivity contribution in [2.45, 2.75) is 44.6 Å². The smallest absolute Gasteiger partial charge is 0.261 e. The van der Waals surface area contributed by atoms with Crippen LogP contribution in [0.15, 0.2) is 53.4 Å². The van der Waals surface area contributed by atoms with Gasteiger partial charge < -0.3 is 4.74 Å². The van der Waals surface area contributed by atoms with Gasteiger partial charge in [-0.25, -0.2) is 8.42 Å². The van der Waals surface area contributed by atoms with Crippen LogP contribution in [0.2, 0.25) is 0 Å². The topological polar surface area (TPSA) is 55.4 Å². The minimum atomic E-state index is -3.57. The van der Waals surface area contributed by atoms with Gasteiger partial charge in [0.2, 0.25) is 0 Å². The van der Waals surface area contributed by atoms with Gasteiger partial charge in [-0.05, 0) is 56.2 Å². The highest BCUT2D eigenvalue weighted by atomic mass is 32.2. The molecule has 23 heavy (non-hydrogen) atoms. The lowest BCUT2D eigenvalue weighted by atomic mass is 10.2. The van der Waals surface area contributed by atoms with E-state index < -0.39 is 10.0 Å². The first-order valence-corrected chi connectivity index (χ1v) is 9.29. The molecule has 5 heteroatoms. The van der Waals surface area contributed by atoms with Gasteiger partial charge in [-0.15, -0.1) is 0 Å². The van der Waals surface area contributed by atoms with Crippen molar-refractivity contribution in [3.63, 3.8) is 0 Å². The first kappa shape index (κ1) is 17.3. The summed E-state index contributed by atoms with van der Waals surface area (Å²) in [5.74, 6) is 0.747. The lowest BCUT2D eigenvalue weighted by Crippen LogP contribution is -2.14. The van der Waals surface area contributed by atoms with Crippen molar-refractivity contribution in [1.82, 2.24) is 0 Å². The summed E-state index contributed by atoms with van der Waals surface area (Å²) >= 11 is 0. The molecule has 0 saturated heterocycles. The van der Waals surface area contributed by atoms with E-state index in [0.717, 1.165) is 24.2 Å². The molecule has 0 aliphatic carbocycles. The van der Waals surface area contributed by atoms with E-state index in [4.69, 9.17) is 4.74 Å². The summed E-state index contributed by atoms with van der Waals surface area (Å²) in [6, 6.07) is 13.7. The highest BCUT2D eigenvalue weighted by molar-refractivity contribution is 7.92. The Labute approximate surface area is 138 Å². The summed E-state index contributed by atoms with van der Waals surface area (Å²) in [6.45, 7) is 6.08. The number of sulfonamides is 1. The average Bonchev–Trinajstić information content (AvgIpc) is 2.54. The zero-order chi connectivity index (χ0) is 16.9. The van der Waals surface area contributed by atoms with Crippen LogP contribution < -0.4 is 9.46 Å². The molecule has 0 fully saturated rings. The van der Waals surface area contributed by atoms with E-state index in [2.05, 4.69) is 18.6 Å². The minimum absolute atomic E-state index is 0.185. The molecule has 0 aliphatic rings. The predicted molar refractivity (Wildman–Crippen MR) is 93.4 cm³/mol. The summed E-state index contributed by atoms with van der Waals surface area (Å²) < 4.78 is 33.0. The molecule has 2 aromatic carbocycles. The van der Waals surface area contributed by atoms with Gasteiger partial charge >= 0.3 is 0 Å². The Balaban J connectivity index is 2.09. The molecule has 0 spiro atoms. The van der Waals surface area contributed by atoms with E-state index in [1.807, 2.05) is 6.92 Å². The second-order valence-electron chi connectivity index (χ2n) is 5.50. The maximum Gasteiger partial charge on any atom is 0.261 e. The molecule has 1 N–H and O–H groups in total. The van der Waals surface area contributed by atoms with Crippen LogP contribution in [0.1, 0.15) is 32.3 Å². The molecule has 0 heterocycles. The molecule has 0 aliphatic heterocycles. The van der Waals surface area contributed by atoms with Crippen molar-refractivity contribution >= 4 is 15.7 Å². The number of rotatable bonds is 7. The Hall–Kier alpha value is -2.01. The highest BCUT2D eigenvalue weighted by Crippen LogP contribution is 2.21. The Morgan fingerprint density at radius 3 is 2.04 bits per heavy atom. The van der Waals surface area contributed by atoms with Crippen LogP contribution in [-0.2, 0) is 10.0 Å². The fraction of sp³-hybridized carbons (Fsp3) is 0.333. The molecular formula is C18H23NO3S. The molecule has 0 radical (unpaired) electrons. The lowest BCUT2D eigenvalue weighted by Gasteiger charge is -2.16. The zero-order valence-corrected chi connectivity index (χ0v) is 14.6. The van der Waals surface area contributed by atoms with Crippen LogP contribution in [0.5, 0.6) is 5.75 Å². The first-order valence-electron chi connectivity index (χ1n) is 7.80. The number of hydrogen-bond acceptors (Lipinski definition) is 3. The van der Waals surface area contributed by atoms with E-state index in [9.17, 15) is 8.42 Å². The molecule has 124 valence electrons. The van der Waals surface area contributed by atoms with Gasteiger partial charge in [-0.1, -0.05) is 31.5 Å². The van der Waals surface area contributed by atoms with Crippen LogP contribution >= 0.6 is 0 Å². The van der Waals surface area contributed by atoms with Gasteiger partial charge in [-0.2, -0.15) is 0 Å². The third-order valence-electron chi connectivity index (χ3n) is 3.65. The molecule has 0 atom stereocenters. The molecule has 2 rings (SSSR count). The quantitative estimate of drug-likeness (QED) is 0.819. The van der Waals surface area contributed by atoms with Crippen molar-refractivity contribution in [1.29, 1.82) is 0 Å².